The van der Waals surface area contributed by atoms with Gasteiger partial charge in [0.15, 0.2) is 0 Å². The highest BCUT2D eigenvalue weighted by atomic mass is 16.5. The van der Waals surface area contributed by atoms with Crippen LogP contribution in [0, 0.1) is 29.6 Å². The van der Waals surface area contributed by atoms with Crippen LogP contribution in [0.4, 0.5) is 0 Å². The van der Waals surface area contributed by atoms with Crippen molar-refractivity contribution in [2.75, 3.05) is 6.61 Å². The quantitative estimate of drug-likeness (QED) is 0.554. The molecule has 134 valence electrons. The molecule has 0 amide bonds. The summed E-state index contributed by atoms with van der Waals surface area (Å²) >= 11 is 0. The van der Waals surface area contributed by atoms with Gasteiger partial charge in [-0.2, -0.15) is 0 Å². The lowest BCUT2D eigenvalue weighted by atomic mass is 9.66. The van der Waals surface area contributed by atoms with E-state index in [4.69, 9.17) is 4.74 Å². The van der Waals surface area contributed by atoms with Gasteiger partial charge in [-0.3, -0.25) is 0 Å². The molecule has 1 saturated heterocycles. The maximum Gasteiger partial charge on any atom is 0.0575 e. The Morgan fingerprint density at radius 2 is 1.17 bits per heavy atom. The number of ether oxygens (including phenoxy) is 1. The molecule has 0 bridgehead atoms. The van der Waals surface area contributed by atoms with Gasteiger partial charge in [0.1, 0.15) is 0 Å². The fraction of sp³-hybridized carbons (Fsp3) is 1.00. The lowest BCUT2D eigenvalue weighted by Crippen LogP contribution is -2.33. The predicted molar refractivity (Wildman–Crippen MR) is 98.6 cm³/mol. The van der Waals surface area contributed by atoms with Crippen LogP contribution in [0.2, 0.25) is 0 Å². The average molecular weight is 321 g/mol. The maximum absolute atomic E-state index is 6.15. The van der Waals surface area contributed by atoms with Crippen LogP contribution in [0.3, 0.4) is 0 Å². The van der Waals surface area contributed by atoms with Crippen molar-refractivity contribution in [3.63, 3.8) is 0 Å². The van der Waals surface area contributed by atoms with Gasteiger partial charge in [-0.1, -0.05) is 39.5 Å². The van der Waals surface area contributed by atoms with Gasteiger partial charge in [0.05, 0.1) is 12.7 Å². The molecule has 1 heteroatoms. The van der Waals surface area contributed by atoms with Crippen LogP contribution in [0.1, 0.15) is 97.3 Å². The van der Waals surface area contributed by atoms with Gasteiger partial charge in [0.25, 0.3) is 0 Å². The fourth-order valence-corrected chi connectivity index (χ4v) is 5.90. The summed E-state index contributed by atoms with van der Waals surface area (Å²) in [6.07, 6.45) is 19.5. The van der Waals surface area contributed by atoms with Gasteiger partial charge in [-0.25, -0.2) is 0 Å². The van der Waals surface area contributed by atoms with Crippen molar-refractivity contribution >= 4 is 0 Å². The molecule has 1 heterocycles. The van der Waals surface area contributed by atoms with E-state index >= 15 is 0 Å². The van der Waals surface area contributed by atoms with E-state index in [0.717, 1.165) is 36.2 Å². The van der Waals surface area contributed by atoms with Crippen molar-refractivity contribution in [2.24, 2.45) is 29.6 Å². The number of hydrogen-bond acceptors (Lipinski definition) is 1. The van der Waals surface area contributed by atoms with Crippen LogP contribution in [-0.4, -0.2) is 12.7 Å². The Kier molecular flexibility index (Phi) is 6.86. The first-order chi connectivity index (χ1) is 11.3. The van der Waals surface area contributed by atoms with Gasteiger partial charge in [0, 0.05) is 0 Å². The summed E-state index contributed by atoms with van der Waals surface area (Å²) < 4.78 is 6.15. The molecule has 0 aromatic carbocycles. The predicted octanol–water partition coefficient (Wildman–Crippen LogP) is 6.60. The monoisotopic (exact) mass is 320 g/mol. The largest absolute Gasteiger partial charge is 0.378 e. The van der Waals surface area contributed by atoms with E-state index in [1.54, 1.807) is 12.8 Å². The smallest absolute Gasteiger partial charge is 0.0575 e. The summed E-state index contributed by atoms with van der Waals surface area (Å²) in [4.78, 5) is 0. The van der Waals surface area contributed by atoms with Crippen LogP contribution in [0.15, 0.2) is 0 Å². The van der Waals surface area contributed by atoms with Crippen molar-refractivity contribution in [3.8, 4) is 0 Å². The average Bonchev–Trinajstić information content (AvgIpc) is 2.63. The summed E-state index contributed by atoms with van der Waals surface area (Å²) in [6.45, 7) is 5.74. The normalized spacial score (nSPS) is 42.5. The van der Waals surface area contributed by atoms with E-state index in [1.807, 2.05) is 0 Å². The third kappa shape index (κ3) is 4.74. The van der Waals surface area contributed by atoms with Crippen molar-refractivity contribution in [3.05, 3.63) is 0 Å². The molecule has 1 aliphatic heterocycles. The minimum Gasteiger partial charge on any atom is -0.378 e. The summed E-state index contributed by atoms with van der Waals surface area (Å²) in [6, 6.07) is 0. The number of rotatable bonds is 5. The zero-order valence-electron chi connectivity index (χ0n) is 15.8. The first-order valence-electron chi connectivity index (χ1n) is 10.9. The topological polar surface area (TPSA) is 9.23 Å². The molecule has 2 saturated carbocycles. The Labute approximate surface area is 144 Å². The van der Waals surface area contributed by atoms with Crippen LogP contribution in [0.5, 0.6) is 0 Å². The summed E-state index contributed by atoms with van der Waals surface area (Å²) in [5.41, 5.74) is 0. The van der Waals surface area contributed by atoms with E-state index in [2.05, 4.69) is 13.8 Å². The molecule has 0 aromatic heterocycles. The summed E-state index contributed by atoms with van der Waals surface area (Å²) in [7, 11) is 0. The molecule has 1 nitrogen and oxygen atoms in total. The van der Waals surface area contributed by atoms with E-state index in [0.29, 0.717) is 6.10 Å². The highest BCUT2D eigenvalue weighted by Gasteiger charge is 2.34. The third-order valence-corrected chi connectivity index (χ3v) is 7.63. The Bertz CT molecular complexity index is 315. The number of hydrogen-bond donors (Lipinski definition) is 0. The minimum absolute atomic E-state index is 0.585. The van der Waals surface area contributed by atoms with Crippen molar-refractivity contribution in [1.82, 2.24) is 0 Å². The zero-order valence-corrected chi connectivity index (χ0v) is 15.8. The highest BCUT2D eigenvalue weighted by Crippen LogP contribution is 2.44. The SMILES string of the molecule is CCCC1CCC(C2CCC(C3CCC(CC)CC3)CC2)CO1. The first-order valence-corrected chi connectivity index (χ1v) is 10.9. The second kappa shape index (κ2) is 8.88. The molecule has 23 heavy (non-hydrogen) atoms. The molecule has 0 N–H and O–H groups in total. The van der Waals surface area contributed by atoms with Crippen LogP contribution in [0.25, 0.3) is 0 Å². The highest BCUT2D eigenvalue weighted by molar-refractivity contribution is 4.85. The molecule has 0 radical (unpaired) electrons. The Morgan fingerprint density at radius 3 is 1.65 bits per heavy atom. The molecule has 0 spiro atoms. The second-order valence-electron chi connectivity index (χ2n) is 8.95. The lowest BCUT2D eigenvalue weighted by molar-refractivity contribution is -0.0437. The molecule has 2 aliphatic carbocycles. The molecule has 3 aliphatic rings. The van der Waals surface area contributed by atoms with Gasteiger partial charge in [-0.05, 0) is 87.4 Å². The van der Waals surface area contributed by atoms with Crippen LogP contribution in [-0.2, 0) is 4.74 Å². The van der Waals surface area contributed by atoms with Crippen molar-refractivity contribution in [2.45, 2.75) is 103 Å². The maximum atomic E-state index is 6.15. The molecule has 3 rings (SSSR count). The molecule has 0 aromatic rings. The van der Waals surface area contributed by atoms with Crippen molar-refractivity contribution < 1.29 is 4.74 Å². The lowest BCUT2D eigenvalue weighted by Gasteiger charge is -2.41. The molecular weight excluding hydrogens is 280 g/mol. The van der Waals surface area contributed by atoms with E-state index < -0.39 is 0 Å². The van der Waals surface area contributed by atoms with Crippen LogP contribution >= 0.6 is 0 Å². The molecule has 2 unspecified atom stereocenters. The van der Waals surface area contributed by atoms with Crippen molar-refractivity contribution in [1.29, 1.82) is 0 Å². The standard InChI is InChI=1S/C22H40O/c1-3-5-22-15-14-21(16-23-22)20-12-10-19(11-13-20)18-8-6-17(4-2)7-9-18/h17-22H,3-16H2,1-2H3. The van der Waals surface area contributed by atoms with Crippen LogP contribution < -0.4 is 0 Å². The fourth-order valence-electron chi connectivity index (χ4n) is 5.90. The van der Waals surface area contributed by atoms with E-state index in [1.165, 1.54) is 70.6 Å². The Balaban J connectivity index is 1.37. The molecule has 2 atom stereocenters. The zero-order chi connectivity index (χ0) is 16.1. The van der Waals surface area contributed by atoms with Gasteiger partial charge in [-0.15, -0.1) is 0 Å². The van der Waals surface area contributed by atoms with E-state index in [9.17, 15) is 0 Å². The van der Waals surface area contributed by atoms with Gasteiger partial charge < -0.3 is 4.74 Å². The Hall–Kier alpha value is -0.0400. The van der Waals surface area contributed by atoms with E-state index in [-0.39, 0.29) is 0 Å². The van der Waals surface area contributed by atoms with Gasteiger partial charge in [0.2, 0.25) is 0 Å². The third-order valence-electron chi connectivity index (χ3n) is 7.63. The molecule has 3 fully saturated rings. The second-order valence-corrected chi connectivity index (χ2v) is 8.95. The Morgan fingerprint density at radius 1 is 0.652 bits per heavy atom. The summed E-state index contributed by atoms with van der Waals surface area (Å²) in [5.74, 6) is 5.08. The first kappa shape index (κ1) is 17.8. The van der Waals surface area contributed by atoms with Gasteiger partial charge >= 0.3 is 0 Å². The minimum atomic E-state index is 0.585. The molecular formula is C22H40O. The summed E-state index contributed by atoms with van der Waals surface area (Å²) in [5, 5.41) is 0.